The van der Waals surface area contributed by atoms with Gasteiger partial charge in [0.1, 0.15) is 6.33 Å². The second kappa shape index (κ2) is 10.2. The summed E-state index contributed by atoms with van der Waals surface area (Å²) >= 11 is 0. The van der Waals surface area contributed by atoms with Crippen molar-refractivity contribution in [1.29, 1.82) is 0 Å². The maximum Gasteiger partial charge on any atom is 0.219 e. The van der Waals surface area contributed by atoms with Gasteiger partial charge in [0.15, 0.2) is 11.6 Å². The number of aromatic nitrogens is 3. The van der Waals surface area contributed by atoms with E-state index in [2.05, 4.69) is 150 Å². The fourth-order valence-corrected chi connectivity index (χ4v) is 6.39. The summed E-state index contributed by atoms with van der Waals surface area (Å²) in [5, 5.41) is 0.134. The number of nitrogens with zero attached hydrogens (tertiary/aromatic N) is 3. The summed E-state index contributed by atoms with van der Waals surface area (Å²) in [7, 11) is 0. The van der Waals surface area contributed by atoms with Crippen LogP contribution < -0.4 is 21.9 Å². The van der Waals surface area contributed by atoms with Crippen molar-refractivity contribution in [3.63, 3.8) is 0 Å². The van der Waals surface area contributed by atoms with E-state index in [9.17, 15) is 0 Å². The van der Waals surface area contributed by atoms with Crippen molar-refractivity contribution in [3.05, 3.63) is 140 Å². The third kappa shape index (κ3) is 4.52. The molecule has 7 rings (SSSR count). The normalized spacial score (nSPS) is 18.7. The molecule has 2 aliphatic rings. The lowest BCUT2D eigenvalue weighted by molar-refractivity contribution is 0.983. The molecule has 1 aromatic heterocycles. The van der Waals surface area contributed by atoms with Gasteiger partial charge >= 0.3 is 0 Å². The fourth-order valence-electron chi connectivity index (χ4n) is 6.39. The second-order valence-corrected chi connectivity index (χ2v) is 11.0. The van der Waals surface area contributed by atoms with Crippen molar-refractivity contribution in [3.8, 4) is 22.8 Å². The number of allylic oxidation sites excluding steroid dienone is 4. The molecule has 40 heavy (non-hydrogen) atoms. The topological polar surface area (TPSA) is 38.7 Å². The van der Waals surface area contributed by atoms with Gasteiger partial charge in [0, 0.05) is 11.1 Å². The number of benzene rings is 4. The molecular weight excluding hydrogens is 484 g/mol. The van der Waals surface area contributed by atoms with Crippen LogP contribution >= 0.6 is 0 Å². The molecule has 3 nitrogen and oxygen atoms in total. The van der Waals surface area contributed by atoms with E-state index in [0.717, 1.165) is 11.1 Å². The van der Waals surface area contributed by atoms with Gasteiger partial charge in [0.2, 0.25) is 13.4 Å². The van der Waals surface area contributed by atoms with Gasteiger partial charge < -0.3 is 0 Å². The van der Waals surface area contributed by atoms with Crippen LogP contribution in [0, 0.1) is 5.92 Å². The summed E-state index contributed by atoms with van der Waals surface area (Å²) in [4.78, 5) is 14.1. The highest BCUT2D eigenvalue weighted by atomic mass is 15.0. The smallest absolute Gasteiger partial charge is 0.217 e. The molecule has 0 N–H and O–H groups in total. The van der Waals surface area contributed by atoms with Gasteiger partial charge in [-0.3, -0.25) is 0 Å². The van der Waals surface area contributed by atoms with Crippen molar-refractivity contribution in [1.82, 2.24) is 15.0 Å². The van der Waals surface area contributed by atoms with Crippen molar-refractivity contribution < 1.29 is 0 Å². The summed E-state index contributed by atoms with van der Waals surface area (Å²) in [6.45, 7) is 2.80. The Morgan fingerprint density at radius 1 is 0.650 bits per heavy atom. The van der Waals surface area contributed by atoms with Crippen LogP contribution in [0.3, 0.4) is 0 Å². The van der Waals surface area contributed by atoms with Gasteiger partial charge in [0.25, 0.3) is 0 Å². The highest BCUT2D eigenvalue weighted by Crippen LogP contribution is 2.64. The Bertz CT molecular complexity index is 1720. The van der Waals surface area contributed by atoms with E-state index in [-0.39, 0.29) is 18.7 Å². The highest BCUT2D eigenvalue weighted by molar-refractivity contribution is 6.89. The van der Waals surface area contributed by atoms with E-state index in [1.165, 1.54) is 28.3 Å². The van der Waals surface area contributed by atoms with Crippen LogP contribution in [-0.4, -0.2) is 28.4 Å². The van der Waals surface area contributed by atoms with Crippen LogP contribution in [0.25, 0.3) is 22.8 Å². The van der Waals surface area contributed by atoms with Crippen molar-refractivity contribution >= 4 is 35.3 Å². The van der Waals surface area contributed by atoms with Gasteiger partial charge in [-0.15, -0.1) is 0 Å². The van der Waals surface area contributed by atoms with E-state index in [1.807, 2.05) is 0 Å². The van der Waals surface area contributed by atoms with Crippen LogP contribution in [0.2, 0.25) is 12.1 Å². The molecule has 2 unspecified atom stereocenters. The summed E-state index contributed by atoms with van der Waals surface area (Å²) in [5.41, 5.74) is 7.20. The number of fused-ring (bicyclic) bond motifs is 1. The summed E-state index contributed by atoms with van der Waals surface area (Å²) in [5.74, 6) is 1.98. The second-order valence-electron chi connectivity index (χ2n) is 11.0. The lowest BCUT2D eigenvalue weighted by atomic mass is 9.30. The molecule has 4 aromatic carbocycles. The molecule has 0 aliphatic heterocycles. The molecule has 0 bridgehead atoms. The SMILES string of the molecule is CB(c1ccccc1)c1cccc(-c2ncnc(-c3cccc(B(c4ccccc4)C45C=CC=CC4C5)c3)n2)c1. The minimum Gasteiger partial charge on any atom is -0.217 e. The lowest BCUT2D eigenvalue weighted by Gasteiger charge is -2.25. The fraction of sp³-hybridized carbons (Fsp3) is 0.114. The Labute approximate surface area is 236 Å². The number of hydrogen-bond acceptors (Lipinski definition) is 3. The van der Waals surface area contributed by atoms with Crippen molar-refractivity contribution in [2.45, 2.75) is 18.6 Å². The average molecular weight is 513 g/mol. The monoisotopic (exact) mass is 513 g/mol. The Morgan fingerprint density at radius 3 is 1.93 bits per heavy atom. The lowest BCUT2D eigenvalue weighted by Crippen LogP contribution is -2.47. The van der Waals surface area contributed by atoms with Crippen LogP contribution in [0.4, 0.5) is 0 Å². The largest absolute Gasteiger partial charge is 0.219 e. The Balaban J connectivity index is 1.23. The minimum atomic E-state index is 0.134. The summed E-state index contributed by atoms with van der Waals surface area (Å²) < 4.78 is 0. The van der Waals surface area contributed by atoms with E-state index in [4.69, 9.17) is 4.98 Å². The zero-order valence-corrected chi connectivity index (χ0v) is 22.6. The van der Waals surface area contributed by atoms with Crippen LogP contribution in [0.15, 0.2) is 140 Å². The molecule has 5 heteroatoms. The van der Waals surface area contributed by atoms with Crippen LogP contribution in [0.1, 0.15) is 6.42 Å². The third-order valence-electron chi connectivity index (χ3n) is 8.63. The predicted octanol–water partition coefficient (Wildman–Crippen LogP) is 4.94. The maximum atomic E-state index is 4.95. The van der Waals surface area contributed by atoms with Crippen LogP contribution in [-0.2, 0) is 0 Å². The van der Waals surface area contributed by atoms with Gasteiger partial charge in [0.05, 0.1) is 0 Å². The maximum absolute atomic E-state index is 4.95. The number of hydrogen-bond donors (Lipinski definition) is 0. The quantitative estimate of drug-likeness (QED) is 0.290. The van der Waals surface area contributed by atoms with Crippen molar-refractivity contribution in [2.75, 3.05) is 0 Å². The Morgan fingerprint density at radius 2 is 1.25 bits per heavy atom. The van der Waals surface area contributed by atoms with Crippen molar-refractivity contribution in [2.24, 2.45) is 5.92 Å². The van der Waals surface area contributed by atoms with Gasteiger partial charge in [-0.05, 0) is 17.7 Å². The molecular formula is C35H29B2N3. The molecule has 1 fully saturated rings. The molecule has 1 heterocycles. The average Bonchev–Trinajstić information content (AvgIpc) is 3.77. The molecule has 2 atom stereocenters. The molecule has 1 saturated carbocycles. The van der Waals surface area contributed by atoms with E-state index in [0.29, 0.717) is 17.6 Å². The standard InChI is InChI=1S/C35H29B2N3/c1-36(29-15-4-2-5-16-29)31-19-10-12-26(22-31)33-38-25-39-34(40-33)27-13-11-20-32(23-27)37(30-17-6-3-7-18-30)35-21-9-8-14-28(35)24-35/h2-23,25,28H,24H2,1H3. The Kier molecular flexibility index (Phi) is 6.28. The molecule has 0 amide bonds. The first kappa shape index (κ1) is 24.5. The molecule has 5 aromatic rings. The molecule has 2 aliphatic carbocycles. The molecule has 0 saturated heterocycles. The molecule has 190 valence electrons. The van der Waals surface area contributed by atoms with E-state index in [1.54, 1.807) is 6.33 Å². The molecule has 0 radical (unpaired) electrons. The minimum absolute atomic E-state index is 0.134. The van der Waals surface area contributed by atoms with E-state index >= 15 is 0 Å². The third-order valence-corrected chi connectivity index (χ3v) is 8.63. The summed E-state index contributed by atoms with van der Waals surface area (Å²) in [6, 6.07) is 38.8. The van der Waals surface area contributed by atoms with E-state index < -0.39 is 0 Å². The van der Waals surface area contributed by atoms with Crippen LogP contribution in [0.5, 0.6) is 0 Å². The zero-order valence-electron chi connectivity index (χ0n) is 22.6. The first-order chi connectivity index (χ1) is 19.7. The van der Waals surface area contributed by atoms with Gasteiger partial charge in [-0.1, -0.05) is 162 Å². The zero-order chi connectivity index (χ0) is 26.9. The highest BCUT2D eigenvalue weighted by Gasteiger charge is 2.58. The predicted molar refractivity (Wildman–Crippen MR) is 169 cm³/mol. The number of rotatable bonds is 7. The first-order valence-corrected chi connectivity index (χ1v) is 14.1. The van der Waals surface area contributed by atoms with Gasteiger partial charge in [-0.25, -0.2) is 15.0 Å². The first-order valence-electron chi connectivity index (χ1n) is 14.1. The summed E-state index contributed by atoms with van der Waals surface area (Å²) in [6.07, 6.45) is 12.0. The Hall–Kier alpha value is -4.50. The molecule has 0 spiro atoms. The van der Waals surface area contributed by atoms with Gasteiger partial charge in [-0.2, -0.15) is 0 Å².